The first-order valence-corrected chi connectivity index (χ1v) is 6.84. The van der Waals surface area contributed by atoms with Gasteiger partial charge in [-0.15, -0.1) is 0 Å². The first-order valence-electron chi connectivity index (χ1n) is 6.84. The summed E-state index contributed by atoms with van der Waals surface area (Å²) in [5.41, 5.74) is 0.102. The standard InChI is InChI=1S/C15H22N2O3/c1-15(2,3)20-13-12(19-10-6-7-10)11(8-9-16-13)14(18)17(4)5/h8-10H,6-7H2,1-5H3. The number of ether oxygens (including phenoxy) is 2. The van der Waals surface area contributed by atoms with Gasteiger partial charge in [0.1, 0.15) is 5.60 Å². The van der Waals surface area contributed by atoms with Gasteiger partial charge in [-0.2, -0.15) is 0 Å². The molecule has 1 aromatic heterocycles. The van der Waals surface area contributed by atoms with Crippen molar-refractivity contribution < 1.29 is 14.3 Å². The smallest absolute Gasteiger partial charge is 0.258 e. The molecule has 1 aromatic rings. The minimum Gasteiger partial charge on any atom is -0.484 e. The topological polar surface area (TPSA) is 51.7 Å². The Bertz CT molecular complexity index is 502. The number of carbonyl (C=O) groups excluding carboxylic acids is 1. The minimum absolute atomic E-state index is 0.109. The van der Waals surface area contributed by atoms with E-state index in [1.54, 1.807) is 26.4 Å². The molecule has 0 bridgehead atoms. The van der Waals surface area contributed by atoms with Gasteiger partial charge in [-0.1, -0.05) is 0 Å². The highest BCUT2D eigenvalue weighted by atomic mass is 16.5. The van der Waals surface area contributed by atoms with Crippen molar-refractivity contribution in [2.45, 2.75) is 45.3 Å². The van der Waals surface area contributed by atoms with Crippen molar-refractivity contribution in [3.8, 4) is 11.6 Å². The van der Waals surface area contributed by atoms with Crippen LogP contribution in [0.25, 0.3) is 0 Å². The van der Waals surface area contributed by atoms with Crippen LogP contribution in [0.5, 0.6) is 11.6 Å². The van der Waals surface area contributed by atoms with Crippen molar-refractivity contribution in [2.24, 2.45) is 0 Å². The molecule has 1 fully saturated rings. The Hall–Kier alpha value is -1.78. The molecule has 5 heteroatoms. The van der Waals surface area contributed by atoms with Crippen LogP contribution in [0.3, 0.4) is 0 Å². The van der Waals surface area contributed by atoms with Gasteiger partial charge in [-0.3, -0.25) is 4.79 Å². The molecule has 1 heterocycles. The predicted molar refractivity (Wildman–Crippen MR) is 76.3 cm³/mol. The van der Waals surface area contributed by atoms with Gasteiger partial charge in [0.15, 0.2) is 5.75 Å². The van der Waals surface area contributed by atoms with E-state index < -0.39 is 5.60 Å². The Morgan fingerprint density at radius 1 is 1.35 bits per heavy atom. The molecule has 2 rings (SSSR count). The lowest BCUT2D eigenvalue weighted by Crippen LogP contribution is -2.26. The van der Waals surface area contributed by atoms with Gasteiger partial charge in [-0.25, -0.2) is 4.98 Å². The Morgan fingerprint density at radius 3 is 2.50 bits per heavy atom. The van der Waals surface area contributed by atoms with Crippen LogP contribution in [-0.2, 0) is 0 Å². The van der Waals surface area contributed by atoms with E-state index in [-0.39, 0.29) is 12.0 Å². The maximum Gasteiger partial charge on any atom is 0.258 e. The molecule has 110 valence electrons. The number of amides is 1. The SMILES string of the molecule is CN(C)C(=O)c1ccnc(OC(C)(C)C)c1OC1CC1. The maximum absolute atomic E-state index is 12.2. The minimum atomic E-state index is -0.394. The Labute approximate surface area is 119 Å². The quantitative estimate of drug-likeness (QED) is 0.849. The molecule has 0 aliphatic heterocycles. The average Bonchev–Trinajstić information content (AvgIpc) is 3.12. The fraction of sp³-hybridized carbons (Fsp3) is 0.600. The molecule has 0 spiro atoms. The zero-order chi connectivity index (χ0) is 14.9. The Balaban J connectivity index is 2.39. The van der Waals surface area contributed by atoms with Crippen LogP contribution in [-0.4, -0.2) is 41.6 Å². The molecule has 0 N–H and O–H groups in total. The summed E-state index contributed by atoms with van der Waals surface area (Å²) in [7, 11) is 3.43. The van der Waals surface area contributed by atoms with Gasteiger partial charge in [-0.05, 0) is 39.7 Å². The number of aromatic nitrogens is 1. The van der Waals surface area contributed by atoms with Gasteiger partial charge in [0.25, 0.3) is 11.8 Å². The second kappa shape index (κ2) is 5.31. The summed E-state index contributed by atoms with van der Waals surface area (Å²) in [4.78, 5) is 18.0. The van der Waals surface area contributed by atoms with Crippen LogP contribution in [0, 0.1) is 0 Å². The molecule has 1 saturated carbocycles. The van der Waals surface area contributed by atoms with Gasteiger partial charge in [0.05, 0.1) is 11.7 Å². The van der Waals surface area contributed by atoms with Crippen molar-refractivity contribution in [2.75, 3.05) is 14.1 Å². The molecule has 5 nitrogen and oxygen atoms in total. The zero-order valence-corrected chi connectivity index (χ0v) is 12.8. The second-order valence-electron chi connectivity index (χ2n) is 6.22. The average molecular weight is 278 g/mol. The van der Waals surface area contributed by atoms with Crippen LogP contribution in [0.15, 0.2) is 12.3 Å². The molecular weight excluding hydrogens is 256 g/mol. The van der Waals surface area contributed by atoms with Gasteiger partial charge in [0, 0.05) is 20.3 Å². The third-order valence-corrected chi connectivity index (χ3v) is 2.72. The molecular formula is C15H22N2O3. The monoisotopic (exact) mass is 278 g/mol. The van der Waals surface area contributed by atoms with Gasteiger partial charge < -0.3 is 14.4 Å². The highest BCUT2D eigenvalue weighted by molar-refractivity contribution is 5.97. The van der Waals surface area contributed by atoms with E-state index in [4.69, 9.17) is 9.47 Å². The number of nitrogens with zero attached hydrogens (tertiary/aromatic N) is 2. The third-order valence-electron chi connectivity index (χ3n) is 2.72. The van der Waals surface area contributed by atoms with Crippen LogP contribution in [0.2, 0.25) is 0 Å². The largest absolute Gasteiger partial charge is 0.484 e. The third kappa shape index (κ3) is 3.62. The summed E-state index contributed by atoms with van der Waals surface area (Å²) < 4.78 is 11.7. The first-order chi connectivity index (χ1) is 9.28. The molecule has 0 atom stereocenters. The molecule has 1 aliphatic carbocycles. The number of hydrogen-bond donors (Lipinski definition) is 0. The van der Waals surface area contributed by atoms with E-state index in [2.05, 4.69) is 4.98 Å². The van der Waals surface area contributed by atoms with E-state index >= 15 is 0 Å². The first kappa shape index (κ1) is 14.6. The highest BCUT2D eigenvalue weighted by Crippen LogP contribution is 2.36. The van der Waals surface area contributed by atoms with E-state index in [0.29, 0.717) is 17.2 Å². The molecule has 0 aromatic carbocycles. The highest BCUT2D eigenvalue weighted by Gasteiger charge is 2.30. The van der Waals surface area contributed by atoms with E-state index in [9.17, 15) is 4.79 Å². The van der Waals surface area contributed by atoms with Crippen LogP contribution in [0.4, 0.5) is 0 Å². The summed E-state index contributed by atoms with van der Waals surface area (Å²) in [6, 6.07) is 1.68. The lowest BCUT2D eigenvalue weighted by Gasteiger charge is -2.23. The number of rotatable bonds is 4. The zero-order valence-electron chi connectivity index (χ0n) is 12.8. The Kier molecular flexibility index (Phi) is 3.88. The second-order valence-corrected chi connectivity index (χ2v) is 6.22. The van der Waals surface area contributed by atoms with Crippen LogP contribution in [0.1, 0.15) is 44.0 Å². The van der Waals surface area contributed by atoms with E-state index in [1.165, 1.54) is 4.90 Å². The molecule has 0 saturated heterocycles. The lowest BCUT2D eigenvalue weighted by molar-refractivity contribution is 0.0814. The number of carbonyl (C=O) groups is 1. The fourth-order valence-corrected chi connectivity index (χ4v) is 1.67. The van der Waals surface area contributed by atoms with E-state index in [1.807, 2.05) is 20.8 Å². The molecule has 1 amide bonds. The van der Waals surface area contributed by atoms with Crippen molar-refractivity contribution in [1.29, 1.82) is 0 Å². The Morgan fingerprint density at radius 2 is 2.00 bits per heavy atom. The summed E-state index contributed by atoms with van der Waals surface area (Å²) in [6.45, 7) is 5.82. The number of pyridine rings is 1. The van der Waals surface area contributed by atoms with Crippen molar-refractivity contribution >= 4 is 5.91 Å². The molecule has 20 heavy (non-hydrogen) atoms. The van der Waals surface area contributed by atoms with Crippen molar-refractivity contribution in [3.05, 3.63) is 17.8 Å². The summed E-state index contributed by atoms with van der Waals surface area (Å²) >= 11 is 0. The lowest BCUT2D eigenvalue weighted by atomic mass is 10.2. The fourth-order valence-electron chi connectivity index (χ4n) is 1.67. The van der Waals surface area contributed by atoms with Crippen molar-refractivity contribution in [3.63, 3.8) is 0 Å². The molecule has 0 radical (unpaired) electrons. The summed E-state index contributed by atoms with van der Waals surface area (Å²) in [6.07, 6.45) is 3.78. The van der Waals surface area contributed by atoms with Crippen LogP contribution >= 0.6 is 0 Å². The van der Waals surface area contributed by atoms with Crippen molar-refractivity contribution in [1.82, 2.24) is 9.88 Å². The van der Waals surface area contributed by atoms with E-state index in [0.717, 1.165) is 12.8 Å². The van der Waals surface area contributed by atoms with Gasteiger partial charge in [0.2, 0.25) is 0 Å². The molecule has 1 aliphatic rings. The molecule has 0 unspecified atom stereocenters. The summed E-state index contributed by atoms with van der Waals surface area (Å²) in [5.74, 6) is 0.738. The summed E-state index contributed by atoms with van der Waals surface area (Å²) in [5, 5.41) is 0. The predicted octanol–water partition coefficient (Wildman–Crippen LogP) is 2.50. The van der Waals surface area contributed by atoms with Crippen LogP contribution < -0.4 is 9.47 Å². The normalized spacial score (nSPS) is 14.8. The number of hydrogen-bond acceptors (Lipinski definition) is 4. The maximum atomic E-state index is 12.2. The van der Waals surface area contributed by atoms with Gasteiger partial charge >= 0.3 is 0 Å².